The first kappa shape index (κ1) is 20.8. The molecular weight excluding hydrogens is 415 g/mol. The van der Waals surface area contributed by atoms with Gasteiger partial charge in [-0.2, -0.15) is 0 Å². The van der Waals surface area contributed by atoms with Crippen LogP contribution >= 0.6 is 11.6 Å². The molecule has 150 valence electrons. The molecule has 0 spiro atoms. The van der Waals surface area contributed by atoms with Gasteiger partial charge in [-0.25, -0.2) is 12.8 Å². The topological polar surface area (TPSA) is 66.5 Å². The SMILES string of the molecule is Cc1c(Cl)cccc1N(CC(=O)Nc1ccc(F)cc1)S(=O)(=O)c1ccccc1. The predicted molar refractivity (Wildman–Crippen MR) is 112 cm³/mol. The number of nitrogens with zero attached hydrogens (tertiary/aromatic N) is 1. The summed E-state index contributed by atoms with van der Waals surface area (Å²) in [6.45, 7) is 1.21. The molecule has 0 bridgehead atoms. The number of anilines is 2. The summed E-state index contributed by atoms with van der Waals surface area (Å²) in [7, 11) is -4.03. The van der Waals surface area contributed by atoms with Crippen LogP contribution in [-0.2, 0) is 14.8 Å². The molecule has 3 rings (SSSR count). The number of carbonyl (C=O) groups is 1. The Morgan fingerprint density at radius 3 is 2.31 bits per heavy atom. The highest BCUT2D eigenvalue weighted by Crippen LogP contribution is 2.30. The third kappa shape index (κ3) is 4.75. The maximum atomic E-state index is 13.3. The number of hydrogen-bond acceptors (Lipinski definition) is 3. The molecule has 0 aliphatic rings. The Balaban J connectivity index is 1.98. The van der Waals surface area contributed by atoms with Crippen molar-refractivity contribution < 1.29 is 17.6 Å². The van der Waals surface area contributed by atoms with Gasteiger partial charge in [0.15, 0.2) is 0 Å². The van der Waals surface area contributed by atoms with Crippen molar-refractivity contribution in [2.24, 2.45) is 0 Å². The highest BCUT2D eigenvalue weighted by atomic mass is 35.5. The molecule has 8 heteroatoms. The molecule has 0 radical (unpaired) electrons. The predicted octanol–water partition coefficient (Wildman–Crippen LogP) is 4.62. The third-order valence-electron chi connectivity index (χ3n) is 4.25. The molecule has 0 aliphatic heterocycles. The molecule has 1 amide bonds. The minimum Gasteiger partial charge on any atom is -0.325 e. The number of carbonyl (C=O) groups excluding carboxylic acids is 1. The fraction of sp³-hybridized carbons (Fsp3) is 0.0952. The molecule has 0 atom stereocenters. The molecule has 0 heterocycles. The first-order valence-corrected chi connectivity index (χ1v) is 10.5. The third-order valence-corrected chi connectivity index (χ3v) is 6.44. The number of sulfonamides is 1. The number of halogens is 2. The maximum absolute atomic E-state index is 13.3. The second-order valence-corrected chi connectivity index (χ2v) is 8.53. The van der Waals surface area contributed by atoms with Crippen molar-refractivity contribution in [3.63, 3.8) is 0 Å². The van der Waals surface area contributed by atoms with Crippen LogP contribution in [0, 0.1) is 12.7 Å². The number of rotatable bonds is 6. The van der Waals surface area contributed by atoms with E-state index in [-0.39, 0.29) is 4.90 Å². The highest BCUT2D eigenvalue weighted by Gasteiger charge is 2.28. The zero-order valence-corrected chi connectivity index (χ0v) is 17.0. The molecule has 0 fully saturated rings. The van der Waals surface area contributed by atoms with Crippen LogP contribution < -0.4 is 9.62 Å². The van der Waals surface area contributed by atoms with Gasteiger partial charge in [-0.15, -0.1) is 0 Å². The van der Waals surface area contributed by atoms with Gasteiger partial charge in [-0.3, -0.25) is 9.10 Å². The minimum absolute atomic E-state index is 0.0500. The van der Waals surface area contributed by atoms with E-state index in [4.69, 9.17) is 11.6 Å². The Bertz CT molecular complexity index is 1120. The van der Waals surface area contributed by atoms with Crippen molar-refractivity contribution >= 4 is 38.9 Å². The average Bonchev–Trinajstić information content (AvgIpc) is 2.71. The average molecular weight is 433 g/mol. The highest BCUT2D eigenvalue weighted by molar-refractivity contribution is 7.92. The van der Waals surface area contributed by atoms with Gasteiger partial charge in [0.1, 0.15) is 12.4 Å². The van der Waals surface area contributed by atoms with Gasteiger partial charge in [0.25, 0.3) is 10.0 Å². The Hall–Kier alpha value is -2.90. The second kappa shape index (κ2) is 8.63. The molecule has 0 aliphatic carbocycles. The van der Waals surface area contributed by atoms with Crippen molar-refractivity contribution in [3.8, 4) is 0 Å². The summed E-state index contributed by atoms with van der Waals surface area (Å²) >= 11 is 6.18. The number of benzene rings is 3. The van der Waals surface area contributed by atoms with Crippen LogP contribution in [0.15, 0.2) is 77.7 Å². The largest absolute Gasteiger partial charge is 0.325 e. The molecule has 1 N–H and O–H groups in total. The van der Waals surface area contributed by atoms with Crippen LogP contribution in [0.5, 0.6) is 0 Å². The van der Waals surface area contributed by atoms with E-state index in [2.05, 4.69) is 5.32 Å². The molecule has 0 saturated heterocycles. The zero-order valence-electron chi connectivity index (χ0n) is 15.5. The van der Waals surface area contributed by atoms with Crippen LogP contribution in [0.1, 0.15) is 5.56 Å². The lowest BCUT2D eigenvalue weighted by Crippen LogP contribution is -2.38. The van der Waals surface area contributed by atoms with Crippen molar-refractivity contribution in [2.75, 3.05) is 16.2 Å². The second-order valence-electron chi connectivity index (χ2n) is 6.26. The first-order chi connectivity index (χ1) is 13.8. The van der Waals surface area contributed by atoms with E-state index in [1.807, 2.05) is 0 Å². The quantitative estimate of drug-likeness (QED) is 0.618. The standard InChI is InChI=1S/C21H18ClFN2O3S/c1-15-19(22)8-5-9-20(15)25(29(27,28)18-6-3-2-4-7-18)14-21(26)24-17-12-10-16(23)11-13-17/h2-13H,14H2,1H3,(H,24,26). The molecular formula is C21H18ClFN2O3S. The summed E-state index contributed by atoms with van der Waals surface area (Å²) in [6, 6.07) is 17.9. The van der Waals surface area contributed by atoms with Crippen molar-refractivity contribution in [3.05, 3.63) is 89.2 Å². The lowest BCUT2D eigenvalue weighted by Gasteiger charge is -2.26. The van der Waals surface area contributed by atoms with Crippen LogP contribution in [0.2, 0.25) is 5.02 Å². The van der Waals surface area contributed by atoms with Gasteiger partial charge in [0.2, 0.25) is 5.91 Å². The summed E-state index contributed by atoms with van der Waals surface area (Å²) in [5.41, 5.74) is 1.19. The molecule has 3 aromatic carbocycles. The molecule has 0 saturated carbocycles. The van der Waals surface area contributed by atoms with E-state index in [0.717, 1.165) is 4.31 Å². The number of amides is 1. The van der Waals surface area contributed by atoms with Gasteiger partial charge < -0.3 is 5.32 Å². The lowest BCUT2D eigenvalue weighted by molar-refractivity contribution is -0.114. The normalized spacial score (nSPS) is 11.1. The van der Waals surface area contributed by atoms with Crippen molar-refractivity contribution in [2.45, 2.75) is 11.8 Å². The molecule has 0 unspecified atom stereocenters. The van der Waals surface area contributed by atoms with E-state index >= 15 is 0 Å². The molecule has 3 aromatic rings. The van der Waals surface area contributed by atoms with Crippen LogP contribution in [0.4, 0.5) is 15.8 Å². The van der Waals surface area contributed by atoms with Crippen LogP contribution in [0.3, 0.4) is 0 Å². The Morgan fingerprint density at radius 1 is 1.00 bits per heavy atom. The van der Waals surface area contributed by atoms with E-state index in [1.54, 1.807) is 43.3 Å². The van der Waals surface area contributed by atoms with Crippen LogP contribution in [-0.4, -0.2) is 20.9 Å². The van der Waals surface area contributed by atoms with Gasteiger partial charge in [-0.05, 0) is 61.0 Å². The van der Waals surface area contributed by atoms with E-state index in [1.165, 1.54) is 36.4 Å². The Labute approximate surface area is 173 Å². The monoisotopic (exact) mass is 432 g/mol. The number of hydrogen-bond donors (Lipinski definition) is 1. The van der Waals surface area contributed by atoms with Crippen molar-refractivity contribution in [1.82, 2.24) is 0 Å². The van der Waals surface area contributed by atoms with Gasteiger partial charge in [0.05, 0.1) is 10.6 Å². The van der Waals surface area contributed by atoms with Gasteiger partial charge in [0, 0.05) is 10.7 Å². The lowest BCUT2D eigenvalue weighted by atomic mass is 10.2. The number of nitrogens with one attached hydrogen (secondary N) is 1. The summed E-state index contributed by atoms with van der Waals surface area (Å²) in [4.78, 5) is 12.7. The van der Waals surface area contributed by atoms with Crippen molar-refractivity contribution in [1.29, 1.82) is 0 Å². The van der Waals surface area contributed by atoms with Crippen LogP contribution in [0.25, 0.3) is 0 Å². The van der Waals surface area contributed by atoms with E-state index < -0.39 is 28.3 Å². The molecule has 0 aromatic heterocycles. The van der Waals surface area contributed by atoms with E-state index in [0.29, 0.717) is 22.0 Å². The fourth-order valence-corrected chi connectivity index (χ4v) is 4.42. The Kier molecular flexibility index (Phi) is 6.20. The molecule has 5 nitrogen and oxygen atoms in total. The first-order valence-electron chi connectivity index (χ1n) is 8.67. The summed E-state index contributed by atoms with van der Waals surface area (Å²) < 4.78 is 40.6. The summed E-state index contributed by atoms with van der Waals surface area (Å²) in [6.07, 6.45) is 0. The smallest absolute Gasteiger partial charge is 0.264 e. The van der Waals surface area contributed by atoms with E-state index in [9.17, 15) is 17.6 Å². The molecule has 29 heavy (non-hydrogen) atoms. The summed E-state index contributed by atoms with van der Waals surface area (Å²) in [5, 5.41) is 2.97. The minimum atomic E-state index is -4.03. The summed E-state index contributed by atoms with van der Waals surface area (Å²) in [5.74, 6) is -1.01. The van der Waals surface area contributed by atoms with Gasteiger partial charge >= 0.3 is 0 Å². The van der Waals surface area contributed by atoms with Gasteiger partial charge in [-0.1, -0.05) is 35.9 Å². The fourth-order valence-electron chi connectivity index (χ4n) is 2.75. The maximum Gasteiger partial charge on any atom is 0.264 e. The Morgan fingerprint density at radius 2 is 1.66 bits per heavy atom. The zero-order chi connectivity index (χ0) is 21.0.